The zero-order chi connectivity index (χ0) is 25.8. The highest BCUT2D eigenvalue weighted by Gasteiger charge is 2.18. The van der Waals surface area contributed by atoms with Crippen LogP contribution in [0.3, 0.4) is 0 Å². The third kappa shape index (κ3) is 5.87. The molecule has 0 saturated carbocycles. The lowest BCUT2D eigenvalue weighted by Crippen LogP contribution is -2.36. The Labute approximate surface area is 224 Å². The monoisotopic (exact) mass is 516 g/mol. The number of anilines is 4. The fourth-order valence-electron chi connectivity index (χ4n) is 4.41. The Hall–Kier alpha value is -4.15. The molecule has 1 saturated heterocycles. The SMILES string of the molecule is C.COc1cc(N2CCOCC2)c(N)cc1Nc1nccc(-n2cc(CN(C)C)c(-c3ccccc3)n2)n1. The number of rotatable bonds is 8. The zero-order valence-corrected chi connectivity index (χ0v) is 21.4. The smallest absolute Gasteiger partial charge is 0.229 e. The van der Waals surface area contributed by atoms with Gasteiger partial charge in [0.25, 0.3) is 0 Å². The van der Waals surface area contributed by atoms with E-state index in [4.69, 9.17) is 25.3 Å². The van der Waals surface area contributed by atoms with Crippen LogP contribution in [0.25, 0.3) is 17.1 Å². The van der Waals surface area contributed by atoms with Crippen LogP contribution in [0.4, 0.5) is 23.0 Å². The Morgan fingerprint density at radius 1 is 1.11 bits per heavy atom. The van der Waals surface area contributed by atoms with Crippen molar-refractivity contribution in [3.05, 3.63) is 66.5 Å². The van der Waals surface area contributed by atoms with E-state index < -0.39 is 0 Å². The van der Waals surface area contributed by atoms with Crippen LogP contribution in [0.1, 0.15) is 13.0 Å². The summed E-state index contributed by atoms with van der Waals surface area (Å²) in [6.45, 7) is 3.69. The van der Waals surface area contributed by atoms with Gasteiger partial charge in [0.1, 0.15) is 5.75 Å². The molecule has 2 aromatic heterocycles. The third-order valence-corrected chi connectivity index (χ3v) is 6.15. The van der Waals surface area contributed by atoms with Gasteiger partial charge < -0.3 is 30.3 Å². The van der Waals surface area contributed by atoms with Gasteiger partial charge in [-0.1, -0.05) is 37.8 Å². The Kier molecular flexibility index (Phi) is 8.45. The topological polar surface area (TPSA) is 107 Å². The minimum absolute atomic E-state index is 0. The molecule has 1 aliphatic rings. The predicted molar refractivity (Wildman–Crippen MR) is 152 cm³/mol. The molecule has 200 valence electrons. The van der Waals surface area contributed by atoms with Crippen LogP contribution in [-0.4, -0.2) is 72.2 Å². The van der Waals surface area contributed by atoms with Crippen molar-refractivity contribution in [2.24, 2.45) is 0 Å². The number of nitrogens with two attached hydrogens (primary N) is 1. The molecule has 1 aliphatic heterocycles. The first-order valence-corrected chi connectivity index (χ1v) is 12.2. The van der Waals surface area contributed by atoms with Crippen molar-refractivity contribution in [3.63, 3.8) is 0 Å². The number of benzene rings is 2. The summed E-state index contributed by atoms with van der Waals surface area (Å²) in [6, 6.07) is 15.8. The second kappa shape index (κ2) is 11.9. The molecule has 5 rings (SSSR count). The molecular weight excluding hydrogens is 480 g/mol. The molecule has 3 heterocycles. The maximum absolute atomic E-state index is 6.43. The summed E-state index contributed by atoms with van der Waals surface area (Å²) in [7, 11) is 5.72. The van der Waals surface area contributed by atoms with Crippen molar-refractivity contribution in [2.45, 2.75) is 14.0 Å². The molecular formula is C28H36N8O2. The van der Waals surface area contributed by atoms with E-state index >= 15 is 0 Å². The molecule has 0 spiro atoms. The Bertz CT molecular complexity index is 1350. The fraction of sp³-hybridized carbons (Fsp3) is 0.321. The summed E-state index contributed by atoms with van der Waals surface area (Å²) in [5, 5.41) is 8.14. The molecule has 0 radical (unpaired) electrons. The van der Waals surface area contributed by atoms with Gasteiger partial charge in [-0.05, 0) is 20.2 Å². The largest absolute Gasteiger partial charge is 0.494 e. The van der Waals surface area contributed by atoms with Gasteiger partial charge >= 0.3 is 0 Å². The molecule has 1 fully saturated rings. The van der Waals surface area contributed by atoms with Crippen LogP contribution in [0.15, 0.2) is 60.9 Å². The minimum Gasteiger partial charge on any atom is -0.494 e. The van der Waals surface area contributed by atoms with Crippen molar-refractivity contribution in [3.8, 4) is 22.8 Å². The molecule has 0 bridgehead atoms. The van der Waals surface area contributed by atoms with E-state index in [-0.39, 0.29) is 7.43 Å². The van der Waals surface area contributed by atoms with Gasteiger partial charge in [-0.25, -0.2) is 9.67 Å². The van der Waals surface area contributed by atoms with Crippen LogP contribution in [0.2, 0.25) is 0 Å². The van der Waals surface area contributed by atoms with Crippen molar-refractivity contribution >= 4 is 23.0 Å². The number of hydrogen-bond acceptors (Lipinski definition) is 9. The summed E-state index contributed by atoms with van der Waals surface area (Å²) < 4.78 is 12.9. The minimum atomic E-state index is 0. The average Bonchev–Trinajstić information content (AvgIpc) is 3.33. The molecule has 0 unspecified atom stereocenters. The lowest BCUT2D eigenvalue weighted by Gasteiger charge is -2.30. The number of aromatic nitrogens is 4. The molecule has 2 aromatic carbocycles. The molecule has 0 atom stereocenters. The van der Waals surface area contributed by atoms with Gasteiger partial charge in [0.2, 0.25) is 5.95 Å². The second-order valence-electron chi connectivity index (χ2n) is 9.13. The summed E-state index contributed by atoms with van der Waals surface area (Å²) in [6.07, 6.45) is 3.72. The zero-order valence-electron chi connectivity index (χ0n) is 21.4. The van der Waals surface area contributed by atoms with Crippen LogP contribution in [0, 0.1) is 0 Å². The van der Waals surface area contributed by atoms with E-state index in [9.17, 15) is 0 Å². The van der Waals surface area contributed by atoms with Crippen molar-refractivity contribution in [1.29, 1.82) is 0 Å². The van der Waals surface area contributed by atoms with Gasteiger partial charge in [0.15, 0.2) is 5.82 Å². The van der Waals surface area contributed by atoms with Crippen molar-refractivity contribution in [1.82, 2.24) is 24.6 Å². The molecule has 0 aliphatic carbocycles. The first kappa shape index (κ1) is 26.9. The number of morpholine rings is 1. The van der Waals surface area contributed by atoms with E-state index in [0.29, 0.717) is 42.1 Å². The first-order valence-electron chi connectivity index (χ1n) is 12.2. The van der Waals surface area contributed by atoms with Crippen LogP contribution >= 0.6 is 0 Å². The number of hydrogen-bond donors (Lipinski definition) is 2. The van der Waals surface area contributed by atoms with Gasteiger partial charge in [-0.15, -0.1) is 0 Å². The van der Waals surface area contributed by atoms with Crippen LogP contribution in [-0.2, 0) is 11.3 Å². The van der Waals surface area contributed by atoms with Crippen molar-refractivity contribution in [2.75, 3.05) is 63.5 Å². The Morgan fingerprint density at radius 3 is 2.58 bits per heavy atom. The second-order valence-corrected chi connectivity index (χ2v) is 9.13. The van der Waals surface area contributed by atoms with E-state index in [0.717, 1.165) is 42.1 Å². The van der Waals surface area contributed by atoms with Gasteiger partial charge in [0.05, 0.1) is 43.1 Å². The van der Waals surface area contributed by atoms with Crippen LogP contribution < -0.4 is 20.7 Å². The Morgan fingerprint density at radius 2 is 1.87 bits per heavy atom. The highest BCUT2D eigenvalue weighted by Crippen LogP contribution is 2.37. The molecule has 4 aromatic rings. The number of ether oxygens (including phenoxy) is 2. The number of nitrogens with one attached hydrogen (secondary N) is 1. The quantitative estimate of drug-likeness (QED) is 0.333. The molecule has 10 heteroatoms. The predicted octanol–water partition coefficient (Wildman–Crippen LogP) is 4.20. The van der Waals surface area contributed by atoms with Gasteiger partial charge in [-0.2, -0.15) is 10.1 Å². The van der Waals surface area contributed by atoms with Gasteiger partial charge in [-0.3, -0.25) is 0 Å². The molecule has 38 heavy (non-hydrogen) atoms. The van der Waals surface area contributed by atoms with E-state index in [1.807, 2.05) is 56.7 Å². The van der Waals surface area contributed by atoms with E-state index in [1.54, 1.807) is 18.0 Å². The third-order valence-electron chi connectivity index (χ3n) is 6.15. The van der Waals surface area contributed by atoms with Crippen molar-refractivity contribution < 1.29 is 9.47 Å². The van der Waals surface area contributed by atoms with E-state index in [1.165, 1.54) is 0 Å². The number of nitrogen functional groups attached to an aromatic ring is 1. The summed E-state index contributed by atoms with van der Waals surface area (Å²) in [5.41, 5.74) is 11.8. The maximum Gasteiger partial charge on any atom is 0.229 e. The normalized spacial score (nSPS) is 13.3. The van der Waals surface area contributed by atoms with Gasteiger partial charge in [0, 0.05) is 55.3 Å². The van der Waals surface area contributed by atoms with E-state index in [2.05, 4.69) is 32.2 Å². The summed E-state index contributed by atoms with van der Waals surface area (Å²) in [5.74, 6) is 1.72. The molecule has 3 N–H and O–H groups in total. The molecule has 0 amide bonds. The highest BCUT2D eigenvalue weighted by molar-refractivity contribution is 5.79. The summed E-state index contributed by atoms with van der Waals surface area (Å²) >= 11 is 0. The lowest BCUT2D eigenvalue weighted by atomic mass is 10.1. The van der Waals surface area contributed by atoms with Crippen LogP contribution in [0.5, 0.6) is 5.75 Å². The first-order chi connectivity index (χ1) is 18.0. The standard InChI is InChI=1S/C27H32N8O2.CH4/c1-33(2)17-20-18-35(32-26(20)19-7-5-4-6-8-19)25-9-10-29-27(31-25)30-22-15-21(28)23(16-24(22)36-3)34-11-13-37-14-12-34;/h4-10,15-16,18H,11-14,17,28H2,1-3H3,(H,29,30,31);1H4. The fourth-order valence-corrected chi connectivity index (χ4v) is 4.41. The number of methoxy groups -OCH3 is 1. The number of nitrogens with zero attached hydrogens (tertiary/aromatic N) is 6. The summed E-state index contributed by atoms with van der Waals surface area (Å²) in [4.78, 5) is 13.5. The average molecular weight is 517 g/mol. The highest BCUT2D eigenvalue weighted by atomic mass is 16.5. The maximum atomic E-state index is 6.43. The lowest BCUT2D eigenvalue weighted by molar-refractivity contribution is 0.123. The Balaban J connectivity index is 0.00000336. The molecule has 10 nitrogen and oxygen atoms in total.